The second-order valence-corrected chi connectivity index (χ2v) is 8.72. The summed E-state index contributed by atoms with van der Waals surface area (Å²) in [5.41, 5.74) is 8.07. The average Bonchev–Trinajstić information content (AvgIpc) is 3.21. The van der Waals surface area contributed by atoms with Gasteiger partial charge in [-0.2, -0.15) is 0 Å². The van der Waals surface area contributed by atoms with Gasteiger partial charge in [-0.1, -0.05) is 23.8 Å². The summed E-state index contributed by atoms with van der Waals surface area (Å²) in [6, 6.07) is 14.9. The molecular formula is C27H28N4O3. The zero-order valence-electron chi connectivity index (χ0n) is 20.0. The third kappa shape index (κ3) is 4.50. The summed E-state index contributed by atoms with van der Waals surface area (Å²) in [6.45, 7) is 9.71. The molecule has 1 aliphatic heterocycles. The number of nitrogens with one attached hydrogen (secondary N) is 2. The maximum Gasteiger partial charge on any atom is 0.329 e. The molecule has 0 bridgehead atoms. The fourth-order valence-electron chi connectivity index (χ4n) is 4.05. The maximum atomic E-state index is 12.9. The van der Waals surface area contributed by atoms with Gasteiger partial charge in [0.1, 0.15) is 12.2 Å². The van der Waals surface area contributed by atoms with Crippen LogP contribution in [0.15, 0.2) is 54.2 Å². The summed E-state index contributed by atoms with van der Waals surface area (Å²) in [4.78, 5) is 38.7. The number of hydrogen-bond acceptors (Lipinski definition) is 3. The molecule has 174 valence electrons. The molecule has 2 heterocycles. The molecule has 7 heteroatoms. The number of carbonyl (C=O) groups excluding carboxylic acids is 3. The fraction of sp³-hybridized carbons (Fsp3) is 0.222. The van der Waals surface area contributed by atoms with Crippen LogP contribution in [0, 0.1) is 34.6 Å². The van der Waals surface area contributed by atoms with Crippen molar-refractivity contribution in [3.8, 4) is 5.69 Å². The summed E-state index contributed by atoms with van der Waals surface area (Å²) < 4.78 is 2.12. The minimum Gasteiger partial charge on any atom is -0.325 e. The molecule has 0 radical (unpaired) electrons. The minimum atomic E-state index is -0.613. The van der Waals surface area contributed by atoms with Crippen molar-refractivity contribution in [1.82, 2.24) is 14.8 Å². The molecule has 1 aliphatic rings. The summed E-state index contributed by atoms with van der Waals surface area (Å²) in [7, 11) is 0. The zero-order valence-corrected chi connectivity index (χ0v) is 20.0. The van der Waals surface area contributed by atoms with Crippen LogP contribution in [0.2, 0.25) is 0 Å². The van der Waals surface area contributed by atoms with Gasteiger partial charge in [0.25, 0.3) is 5.91 Å². The summed E-state index contributed by atoms with van der Waals surface area (Å²) >= 11 is 0. The molecule has 0 saturated carbocycles. The quantitative estimate of drug-likeness (QED) is 0.436. The van der Waals surface area contributed by atoms with E-state index < -0.39 is 17.8 Å². The van der Waals surface area contributed by atoms with Gasteiger partial charge in [0.15, 0.2) is 0 Å². The first-order valence-electron chi connectivity index (χ1n) is 11.1. The average molecular weight is 457 g/mol. The van der Waals surface area contributed by atoms with Crippen LogP contribution in [-0.4, -0.2) is 33.9 Å². The molecule has 0 unspecified atom stereocenters. The molecule has 0 atom stereocenters. The van der Waals surface area contributed by atoms with Crippen molar-refractivity contribution in [1.29, 1.82) is 0 Å². The van der Waals surface area contributed by atoms with Gasteiger partial charge in [0.05, 0.1) is 0 Å². The number of anilines is 1. The molecule has 0 spiro atoms. The molecule has 2 N–H and O–H groups in total. The van der Waals surface area contributed by atoms with Crippen LogP contribution < -0.4 is 10.6 Å². The van der Waals surface area contributed by atoms with E-state index in [0.29, 0.717) is 5.69 Å². The van der Waals surface area contributed by atoms with Gasteiger partial charge in [-0.15, -0.1) is 0 Å². The Kier molecular flexibility index (Phi) is 6.11. The number of urea groups is 1. The van der Waals surface area contributed by atoms with Gasteiger partial charge < -0.3 is 15.2 Å². The van der Waals surface area contributed by atoms with Crippen LogP contribution in [0.4, 0.5) is 10.5 Å². The Hall–Kier alpha value is -4.13. The first-order valence-corrected chi connectivity index (χ1v) is 11.1. The van der Waals surface area contributed by atoms with E-state index in [4.69, 9.17) is 0 Å². The normalized spacial score (nSPS) is 14.6. The van der Waals surface area contributed by atoms with E-state index in [0.717, 1.165) is 33.1 Å². The predicted molar refractivity (Wildman–Crippen MR) is 133 cm³/mol. The number of aromatic nitrogens is 1. The van der Waals surface area contributed by atoms with E-state index in [-0.39, 0.29) is 12.2 Å². The highest BCUT2D eigenvalue weighted by Gasteiger charge is 2.35. The van der Waals surface area contributed by atoms with Crippen molar-refractivity contribution in [2.75, 3.05) is 11.9 Å². The molecule has 1 fully saturated rings. The van der Waals surface area contributed by atoms with E-state index >= 15 is 0 Å². The lowest BCUT2D eigenvalue weighted by atomic mass is 10.1. The van der Waals surface area contributed by atoms with Crippen LogP contribution in [0.5, 0.6) is 0 Å². The Labute approximate surface area is 199 Å². The SMILES string of the molecule is Cc1ccc(NC(=O)CN2C(=O)NC(=Cc3cc(C)n(-c4ccc(C)c(C)c4)c3C)C2=O)cc1. The Balaban J connectivity index is 1.53. The highest BCUT2D eigenvalue weighted by molar-refractivity contribution is 6.16. The van der Waals surface area contributed by atoms with Crippen molar-refractivity contribution in [3.05, 3.63) is 87.9 Å². The molecule has 3 aromatic rings. The molecular weight excluding hydrogens is 428 g/mol. The number of carbonyl (C=O) groups is 3. The molecule has 0 aliphatic carbocycles. The van der Waals surface area contributed by atoms with E-state index in [1.165, 1.54) is 11.1 Å². The molecule has 4 amide bonds. The van der Waals surface area contributed by atoms with Crippen molar-refractivity contribution in [2.45, 2.75) is 34.6 Å². The number of imide groups is 1. The van der Waals surface area contributed by atoms with E-state index in [1.54, 1.807) is 18.2 Å². The first kappa shape index (κ1) is 23.0. The van der Waals surface area contributed by atoms with Gasteiger partial charge in [0, 0.05) is 22.8 Å². The molecule has 1 saturated heterocycles. The number of rotatable bonds is 5. The highest BCUT2D eigenvalue weighted by Crippen LogP contribution is 2.25. The van der Waals surface area contributed by atoms with Gasteiger partial charge >= 0.3 is 6.03 Å². The Morgan fingerprint density at radius 3 is 2.32 bits per heavy atom. The lowest BCUT2D eigenvalue weighted by molar-refractivity contribution is -0.127. The Bertz CT molecular complexity index is 1330. The topological polar surface area (TPSA) is 83.4 Å². The third-order valence-corrected chi connectivity index (χ3v) is 6.12. The van der Waals surface area contributed by atoms with Gasteiger partial charge in [-0.05, 0) is 87.7 Å². The van der Waals surface area contributed by atoms with Crippen LogP contribution in [0.3, 0.4) is 0 Å². The zero-order chi connectivity index (χ0) is 24.6. The monoisotopic (exact) mass is 456 g/mol. The second-order valence-electron chi connectivity index (χ2n) is 8.72. The van der Waals surface area contributed by atoms with Crippen LogP contribution in [0.1, 0.15) is 33.6 Å². The molecule has 34 heavy (non-hydrogen) atoms. The third-order valence-electron chi connectivity index (χ3n) is 6.12. The number of benzene rings is 2. The van der Waals surface area contributed by atoms with E-state index in [1.807, 2.05) is 39.0 Å². The van der Waals surface area contributed by atoms with Crippen molar-refractivity contribution in [2.24, 2.45) is 0 Å². The largest absolute Gasteiger partial charge is 0.329 e. The summed E-state index contributed by atoms with van der Waals surface area (Å²) in [6.07, 6.45) is 1.66. The van der Waals surface area contributed by atoms with Gasteiger partial charge in [0.2, 0.25) is 5.91 Å². The standard InChI is InChI=1S/C27H28N4O3/c1-16-6-9-22(10-7-16)28-25(32)15-30-26(33)24(29-27(30)34)14-21-13-19(4)31(20(21)5)23-11-8-17(2)18(3)12-23/h6-14H,15H2,1-5H3,(H,28,32)(H,29,34). The lowest BCUT2D eigenvalue weighted by Crippen LogP contribution is -2.38. The van der Waals surface area contributed by atoms with E-state index in [9.17, 15) is 14.4 Å². The highest BCUT2D eigenvalue weighted by atomic mass is 16.2. The van der Waals surface area contributed by atoms with Crippen molar-refractivity contribution in [3.63, 3.8) is 0 Å². The summed E-state index contributed by atoms with van der Waals surface area (Å²) in [5, 5.41) is 5.31. The number of aryl methyl sites for hydroxylation is 4. The van der Waals surface area contributed by atoms with Crippen LogP contribution in [0.25, 0.3) is 11.8 Å². The van der Waals surface area contributed by atoms with E-state index in [2.05, 4.69) is 47.2 Å². The minimum absolute atomic E-state index is 0.147. The molecule has 4 rings (SSSR count). The molecule has 1 aromatic heterocycles. The number of amides is 4. The fourth-order valence-corrected chi connectivity index (χ4v) is 4.05. The number of hydrogen-bond donors (Lipinski definition) is 2. The smallest absolute Gasteiger partial charge is 0.325 e. The maximum absolute atomic E-state index is 12.9. The van der Waals surface area contributed by atoms with Crippen molar-refractivity contribution < 1.29 is 14.4 Å². The first-order chi connectivity index (χ1) is 16.1. The van der Waals surface area contributed by atoms with Crippen molar-refractivity contribution >= 4 is 29.6 Å². The number of nitrogens with zero attached hydrogens (tertiary/aromatic N) is 2. The van der Waals surface area contributed by atoms with Crippen LogP contribution >= 0.6 is 0 Å². The van der Waals surface area contributed by atoms with Crippen LogP contribution in [-0.2, 0) is 9.59 Å². The Morgan fingerprint density at radius 2 is 1.65 bits per heavy atom. The second kappa shape index (κ2) is 9.02. The summed E-state index contributed by atoms with van der Waals surface area (Å²) in [5.74, 6) is -0.971. The predicted octanol–water partition coefficient (Wildman–Crippen LogP) is 4.55. The van der Waals surface area contributed by atoms with Gasteiger partial charge in [-0.3, -0.25) is 9.59 Å². The molecule has 2 aromatic carbocycles. The van der Waals surface area contributed by atoms with Gasteiger partial charge in [-0.25, -0.2) is 9.69 Å². The molecule has 7 nitrogen and oxygen atoms in total. The lowest BCUT2D eigenvalue weighted by Gasteiger charge is -2.12. The Morgan fingerprint density at radius 1 is 0.941 bits per heavy atom.